The molecule has 56 valence electrons. The monoisotopic (exact) mass is 259 g/mol. The van der Waals surface area contributed by atoms with Crippen LogP contribution in [0.3, 0.4) is 0 Å². The maximum Gasteiger partial charge on any atom is 0.111 e. The van der Waals surface area contributed by atoms with E-state index in [1.165, 1.54) is 0 Å². The van der Waals surface area contributed by atoms with Crippen LogP contribution in [0.2, 0.25) is 0 Å². The summed E-state index contributed by atoms with van der Waals surface area (Å²) in [5, 5.41) is 8.14. The first-order chi connectivity index (χ1) is 5.27. The summed E-state index contributed by atoms with van der Waals surface area (Å²) in [6, 6.07) is 2.02. The van der Waals surface area contributed by atoms with Gasteiger partial charge in [-0.15, -0.1) is 0 Å². The van der Waals surface area contributed by atoms with E-state index in [9.17, 15) is 0 Å². The van der Waals surface area contributed by atoms with Crippen LogP contribution in [0.25, 0.3) is 10.9 Å². The average molecular weight is 259 g/mol. The number of hydrogen-bond acceptors (Lipinski definition) is 2. The summed E-state index contributed by atoms with van der Waals surface area (Å²) in [5.41, 5.74) is 2.03. The van der Waals surface area contributed by atoms with E-state index in [1.807, 2.05) is 13.0 Å². The Morgan fingerprint density at radius 2 is 2.36 bits per heavy atom. The lowest BCUT2D eigenvalue weighted by Gasteiger charge is -1.89. The van der Waals surface area contributed by atoms with Crippen molar-refractivity contribution in [1.29, 1.82) is 0 Å². The van der Waals surface area contributed by atoms with Crippen LogP contribution >= 0.6 is 22.6 Å². The van der Waals surface area contributed by atoms with Gasteiger partial charge in [0.25, 0.3) is 0 Å². The Morgan fingerprint density at radius 3 is 3.18 bits per heavy atom. The molecule has 2 rings (SSSR count). The molecule has 0 bridgehead atoms. The highest BCUT2D eigenvalue weighted by Gasteiger charge is 2.00. The number of fused-ring (bicyclic) bond motifs is 1. The van der Waals surface area contributed by atoms with Gasteiger partial charge in [-0.2, -0.15) is 5.10 Å². The zero-order valence-corrected chi connectivity index (χ0v) is 8.08. The minimum Gasteiger partial charge on any atom is -0.282 e. The van der Waals surface area contributed by atoms with Crippen molar-refractivity contribution in [1.82, 2.24) is 15.2 Å². The molecule has 0 radical (unpaired) electrons. The average Bonchev–Trinajstić information content (AvgIpc) is 2.33. The van der Waals surface area contributed by atoms with Crippen molar-refractivity contribution in [3.8, 4) is 0 Å². The summed E-state index contributed by atoms with van der Waals surface area (Å²) < 4.78 is 1.000. The first kappa shape index (κ1) is 7.02. The third-order valence-corrected chi connectivity index (χ3v) is 2.19. The van der Waals surface area contributed by atoms with E-state index in [4.69, 9.17) is 0 Å². The predicted molar refractivity (Wildman–Crippen MR) is 51.3 cm³/mol. The molecular formula is C7H6IN3. The third kappa shape index (κ3) is 1.11. The van der Waals surface area contributed by atoms with Crippen LogP contribution in [-0.2, 0) is 0 Å². The Kier molecular flexibility index (Phi) is 1.56. The summed E-state index contributed by atoms with van der Waals surface area (Å²) in [6.45, 7) is 2.01. The van der Waals surface area contributed by atoms with Gasteiger partial charge in [0.1, 0.15) is 9.22 Å². The lowest BCUT2D eigenvalue weighted by atomic mass is 10.3. The zero-order chi connectivity index (χ0) is 7.84. The number of pyridine rings is 1. The van der Waals surface area contributed by atoms with Crippen LogP contribution in [0.5, 0.6) is 0 Å². The van der Waals surface area contributed by atoms with E-state index in [-0.39, 0.29) is 0 Å². The number of aromatic nitrogens is 3. The van der Waals surface area contributed by atoms with Gasteiger partial charge in [-0.05, 0) is 35.6 Å². The molecule has 1 N–H and O–H groups in total. The van der Waals surface area contributed by atoms with Crippen molar-refractivity contribution in [3.63, 3.8) is 0 Å². The second kappa shape index (κ2) is 2.44. The van der Waals surface area contributed by atoms with Crippen molar-refractivity contribution in [3.05, 3.63) is 21.7 Å². The molecule has 0 fully saturated rings. The van der Waals surface area contributed by atoms with Crippen molar-refractivity contribution >= 4 is 33.5 Å². The third-order valence-electron chi connectivity index (χ3n) is 1.60. The van der Waals surface area contributed by atoms with Crippen molar-refractivity contribution in [2.75, 3.05) is 0 Å². The van der Waals surface area contributed by atoms with Crippen LogP contribution in [0, 0.1) is 10.6 Å². The fraction of sp³-hybridized carbons (Fsp3) is 0.143. The normalized spacial score (nSPS) is 10.7. The van der Waals surface area contributed by atoms with E-state index >= 15 is 0 Å². The Morgan fingerprint density at radius 1 is 1.55 bits per heavy atom. The number of hydrogen-bond donors (Lipinski definition) is 1. The number of nitrogens with zero attached hydrogens (tertiary/aromatic N) is 2. The summed E-state index contributed by atoms with van der Waals surface area (Å²) >= 11 is 2.19. The van der Waals surface area contributed by atoms with Gasteiger partial charge in [0.2, 0.25) is 0 Å². The number of H-pyrrole nitrogens is 1. The molecule has 0 amide bonds. The molecule has 3 nitrogen and oxygen atoms in total. The fourth-order valence-electron chi connectivity index (χ4n) is 1.02. The van der Waals surface area contributed by atoms with Gasteiger partial charge in [-0.25, -0.2) is 4.98 Å². The SMILES string of the molecule is Cc1[nH]nc2cnc(I)cc12. The van der Waals surface area contributed by atoms with Crippen LogP contribution in [0.4, 0.5) is 0 Å². The maximum atomic E-state index is 4.12. The molecule has 2 aromatic heterocycles. The van der Waals surface area contributed by atoms with E-state index in [1.54, 1.807) is 6.20 Å². The Bertz CT molecular complexity index is 393. The molecular weight excluding hydrogens is 253 g/mol. The van der Waals surface area contributed by atoms with E-state index in [0.29, 0.717) is 0 Å². The van der Waals surface area contributed by atoms with E-state index < -0.39 is 0 Å². The van der Waals surface area contributed by atoms with Crippen molar-refractivity contribution in [2.24, 2.45) is 0 Å². The quantitative estimate of drug-likeness (QED) is 0.579. The Hall–Kier alpha value is -0.650. The molecule has 11 heavy (non-hydrogen) atoms. The highest BCUT2D eigenvalue weighted by molar-refractivity contribution is 14.1. The molecule has 2 heterocycles. The van der Waals surface area contributed by atoms with Gasteiger partial charge in [0.05, 0.1) is 6.20 Å². The summed E-state index contributed by atoms with van der Waals surface area (Å²) in [4.78, 5) is 4.12. The molecule has 2 aromatic rings. The van der Waals surface area contributed by atoms with E-state index in [2.05, 4.69) is 37.8 Å². The molecule has 0 spiro atoms. The lowest BCUT2D eigenvalue weighted by Crippen LogP contribution is -1.78. The molecule has 4 heteroatoms. The molecule has 0 aliphatic carbocycles. The number of aryl methyl sites for hydroxylation is 1. The zero-order valence-electron chi connectivity index (χ0n) is 5.93. The Labute approximate surface area is 77.4 Å². The summed E-state index contributed by atoms with van der Waals surface area (Å²) in [7, 11) is 0. The van der Waals surface area contributed by atoms with Gasteiger partial charge in [0, 0.05) is 11.1 Å². The summed E-state index contributed by atoms with van der Waals surface area (Å²) in [5.74, 6) is 0. The first-order valence-electron chi connectivity index (χ1n) is 3.23. The highest BCUT2D eigenvalue weighted by Crippen LogP contribution is 2.15. The number of nitrogens with one attached hydrogen (secondary N) is 1. The number of rotatable bonds is 0. The first-order valence-corrected chi connectivity index (χ1v) is 4.31. The van der Waals surface area contributed by atoms with Crippen LogP contribution in [-0.4, -0.2) is 15.2 Å². The topological polar surface area (TPSA) is 41.6 Å². The smallest absolute Gasteiger partial charge is 0.111 e. The van der Waals surface area contributed by atoms with E-state index in [0.717, 1.165) is 20.3 Å². The van der Waals surface area contributed by atoms with Gasteiger partial charge < -0.3 is 0 Å². The van der Waals surface area contributed by atoms with Crippen LogP contribution in [0.15, 0.2) is 12.3 Å². The number of halogens is 1. The van der Waals surface area contributed by atoms with Crippen LogP contribution < -0.4 is 0 Å². The standard InChI is InChI=1S/C7H6IN3/c1-4-5-2-7(8)9-3-6(5)11-10-4/h2-3H,1H3,(H,10,11). The fourth-order valence-corrected chi connectivity index (χ4v) is 1.47. The van der Waals surface area contributed by atoms with Gasteiger partial charge in [-0.3, -0.25) is 5.10 Å². The Balaban J connectivity index is 2.87. The van der Waals surface area contributed by atoms with Gasteiger partial charge >= 0.3 is 0 Å². The maximum absolute atomic E-state index is 4.12. The van der Waals surface area contributed by atoms with Crippen molar-refractivity contribution in [2.45, 2.75) is 6.92 Å². The second-order valence-electron chi connectivity index (χ2n) is 2.37. The second-order valence-corrected chi connectivity index (χ2v) is 3.48. The van der Waals surface area contributed by atoms with Crippen molar-refractivity contribution < 1.29 is 0 Å². The molecule has 0 aliphatic heterocycles. The minimum absolute atomic E-state index is 0.933. The molecule has 0 aliphatic rings. The minimum atomic E-state index is 0.933. The highest BCUT2D eigenvalue weighted by atomic mass is 127. The largest absolute Gasteiger partial charge is 0.282 e. The predicted octanol–water partition coefficient (Wildman–Crippen LogP) is 1.87. The van der Waals surface area contributed by atoms with Gasteiger partial charge in [-0.1, -0.05) is 0 Å². The molecule has 0 saturated heterocycles. The molecule has 0 unspecified atom stereocenters. The van der Waals surface area contributed by atoms with Gasteiger partial charge in [0.15, 0.2) is 0 Å². The van der Waals surface area contributed by atoms with Crippen LogP contribution in [0.1, 0.15) is 5.69 Å². The summed E-state index contributed by atoms with van der Waals surface area (Å²) in [6.07, 6.45) is 1.78. The molecule has 0 aromatic carbocycles. The molecule has 0 atom stereocenters. The lowest BCUT2D eigenvalue weighted by molar-refractivity contribution is 1.07. The molecule has 0 saturated carbocycles. The number of aromatic amines is 1.